The molecule has 0 fully saturated rings. The van der Waals surface area contributed by atoms with Crippen LogP contribution in [0.1, 0.15) is 5.56 Å². The molecule has 1 aromatic heterocycles. The fourth-order valence-electron chi connectivity index (χ4n) is 1.22. The summed E-state index contributed by atoms with van der Waals surface area (Å²) in [4.78, 5) is 3.97. The SMILES string of the molecule is Cc1cc(N)c2oc(N)nc2c1. The average Bonchev–Trinajstić information content (AvgIpc) is 2.29. The maximum Gasteiger partial charge on any atom is 0.293 e. The van der Waals surface area contributed by atoms with E-state index in [0.29, 0.717) is 16.8 Å². The van der Waals surface area contributed by atoms with Crippen molar-refractivity contribution in [2.24, 2.45) is 0 Å². The predicted octanol–water partition coefficient (Wildman–Crippen LogP) is 1.30. The van der Waals surface area contributed by atoms with Crippen molar-refractivity contribution in [3.05, 3.63) is 17.7 Å². The van der Waals surface area contributed by atoms with Crippen molar-refractivity contribution in [3.63, 3.8) is 0 Å². The lowest BCUT2D eigenvalue weighted by molar-refractivity contribution is 0.627. The lowest BCUT2D eigenvalue weighted by atomic mass is 10.2. The van der Waals surface area contributed by atoms with Crippen molar-refractivity contribution in [1.82, 2.24) is 4.98 Å². The zero-order valence-corrected chi connectivity index (χ0v) is 6.66. The highest BCUT2D eigenvalue weighted by atomic mass is 16.4. The van der Waals surface area contributed by atoms with Crippen molar-refractivity contribution in [1.29, 1.82) is 0 Å². The van der Waals surface area contributed by atoms with Crippen LogP contribution < -0.4 is 11.5 Å². The summed E-state index contributed by atoms with van der Waals surface area (Å²) in [6.07, 6.45) is 0. The molecule has 0 aliphatic heterocycles. The Balaban J connectivity index is 2.88. The van der Waals surface area contributed by atoms with Crippen LogP contribution >= 0.6 is 0 Å². The van der Waals surface area contributed by atoms with Crippen molar-refractivity contribution >= 4 is 22.8 Å². The molecule has 0 radical (unpaired) electrons. The Hall–Kier alpha value is -1.71. The minimum atomic E-state index is 0.155. The number of nitrogens with two attached hydrogens (primary N) is 2. The molecule has 2 rings (SSSR count). The Bertz CT molecular complexity index is 433. The number of aromatic nitrogens is 1. The Labute approximate surface area is 69.2 Å². The third kappa shape index (κ3) is 0.887. The largest absolute Gasteiger partial charge is 0.421 e. The van der Waals surface area contributed by atoms with Crippen LogP contribution in [0.5, 0.6) is 0 Å². The monoisotopic (exact) mass is 163 g/mol. The molecule has 4 N–H and O–H groups in total. The van der Waals surface area contributed by atoms with E-state index in [9.17, 15) is 0 Å². The molecule has 0 amide bonds. The maximum atomic E-state index is 5.68. The molecule has 0 saturated carbocycles. The molecule has 4 nitrogen and oxygen atoms in total. The number of nitrogens with zero attached hydrogens (tertiary/aromatic N) is 1. The smallest absolute Gasteiger partial charge is 0.293 e. The Kier molecular flexibility index (Phi) is 1.24. The van der Waals surface area contributed by atoms with Gasteiger partial charge in [-0.2, -0.15) is 4.98 Å². The van der Waals surface area contributed by atoms with E-state index in [1.165, 1.54) is 0 Å². The number of aryl methyl sites for hydroxylation is 1. The van der Waals surface area contributed by atoms with Gasteiger partial charge in [0.15, 0.2) is 5.58 Å². The molecule has 0 atom stereocenters. The van der Waals surface area contributed by atoms with E-state index in [2.05, 4.69) is 4.98 Å². The van der Waals surface area contributed by atoms with Crippen molar-refractivity contribution < 1.29 is 4.42 Å². The zero-order chi connectivity index (χ0) is 8.72. The van der Waals surface area contributed by atoms with E-state index in [1.807, 2.05) is 19.1 Å². The molecular formula is C8H9N3O. The second kappa shape index (κ2) is 2.14. The fraction of sp³-hybridized carbons (Fsp3) is 0.125. The third-order valence-electron chi connectivity index (χ3n) is 1.68. The molecule has 0 unspecified atom stereocenters. The summed E-state index contributed by atoms with van der Waals surface area (Å²) in [5, 5.41) is 0. The second-order valence-corrected chi connectivity index (χ2v) is 2.75. The predicted molar refractivity (Wildman–Crippen MR) is 47.6 cm³/mol. The highest BCUT2D eigenvalue weighted by molar-refractivity contribution is 5.86. The average molecular weight is 163 g/mol. The van der Waals surface area contributed by atoms with Gasteiger partial charge >= 0.3 is 0 Å². The third-order valence-corrected chi connectivity index (χ3v) is 1.68. The van der Waals surface area contributed by atoms with Crippen LogP contribution in [0.15, 0.2) is 16.5 Å². The summed E-state index contributed by atoms with van der Waals surface area (Å²) in [7, 11) is 0. The molecule has 4 heteroatoms. The van der Waals surface area contributed by atoms with E-state index < -0.39 is 0 Å². The summed E-state index contributed by atoms with van der Waals surface area (Å²) in [6.45, 7) is 1.95. The van der Waals surface area contributed by atoms with Gasteiger partial charge in [0.25, 0.3) is 6.01 Å². The number of benzene rings is 1. The number of nitrogen functional groups attached to an aromatic ring is 2. The van der Waals surface area contributed by atoms with E-state index in [4.69, 9.17) is 15.9 Å². The highest BCUT2D eigenvalue weighted by Crippen LogP contribution is 2.24. The normalized spacial score (nSPS) is 10.8. The fourth-order valence-corrected chi connectivity index (χ4v) is 1.22. The standard InChI is InChI=1S/C8H9N3O/c1-4-2-5(9)7-6(3-4)11-8(10)12-7/h2-3H,9H2,1H3,(H2,10,11). The number of rotatable bonds is 0. The number of fused-ring (bicyclic) bond motifs is 1. The molecule has 2 aromatic rings. The van der Waals surface area contributed by atoms with E-state index in [0.717, 1.165) is 5.56 Å². The summed E-state index contributed by atoms with van der Waals surface area (Å²) in [5.74, 6) is 0. The molecule has 1 aromatic carbocycles. The molecule has 0 saturated heterocycles. The maximum absolute atomic E-state index is 5.68. The molecule has 0 bridgehead atoms. The van der Waals surface area contributed by atoms with Gasteiger partial charge in [-0.05, 0) is 24.6 Å². The second-order valence-electron chi connectivity index (χ2n) is 2.75. The van der Waals surface area contributed by atoms with Crippen LogP contribution in [-0.4, -0.2) is 4.98 Å². The molecule has 12 heavy (non-hydrogen) atoms. The van der Waals surface area contributed by atoms with Crippen LogP contribution in [-0.2, 0) is 0 Å². The summed E-state index contributed by atoms with van der Waals surface area (Å²) in [5.41, 5.74) is 14.0. The number of anilines is 2. The number of oxazole rings is 1. The molecule has 1 heterocycles. The van der Waals surface area contributed by atoms with Crippen LogP contribution in [0, 0.1) is 6.92 Å². The molecular weight excluding hydrogens is 154 g/mol. The summed E-state index contributed by atoms with van der Waals surface area (Å²) in [6, 6.07) is 3.86. The van der Waals surface area contributed by atoms with Gasteiger partial charge in [0.1, 0.15) is 5.52 Å². The number of hydrogen-bond acceptors (Lipinski definition) is 4. The first-order valence-electron chi connectivity index (χ1n) is 3.59. The quantitative estimate of drug-likeness (QED) is 0.574. The molecule has 62 valence electrons. The summed E-state index contributed by atoms with van der Waals surface area (Å²) >= 11 is 0. The Morgan fingerprint density at radius 2 is 2.08 bits per heavy atom. The Morgan fingerprint density at radius 3 is 2.83 bits per heavy atom. The van der Waals surface area contributed by atoms with Crippen molar-refractivity contribution in [3.8, 4) is 0 Å². The topological polar surface area (TPSA) is 78.1 Å². The van der Waals surface area contributed by atoms with Gasteiger partial charge < -0.3 is 15.9 Å². The van der Waals surface area contributed by atoms with E-state index in [1.54, 1.807) is 0 Å². The minimum Gasteiger partial charge on any atom is -0.421 e. The lowest BCUT2D eigenvalue weighted by Gasteiger charge is -1.94. The molecule has 0 aliphatic carbocycles. The zero-order valence-electron chi connectivity index (χ0n) is 6.66. The van der Waals surface area contributed by atoms with Crippen LogP contribution in [0.25, 0.3) is 11.1 Å². The highest BCUT2D eigenvalue weighted by Gasteiger charge is 2.05. The van der Waals surface area contributed by atoms with E-state index >= 15 is 0 Å². The molecule has 0 aliphatic rings. The lowest BCUT2D eigenvalue weighted by Crippen LogP contribution is -1.86. The van der Waals surface area contributed by atoms with Gasteiger partial charge in [0, 0.05) is 0 Å². The summed E-state index contributed by atoms with van der Waals surface area (Å²) < 4.78 is 5.10. The Morgan fingerprint density at radius 1 is 1.33 bits per heavy atom. The van der Waals surface area contributed by atoms with Gasteiger partial charge in [0.2, 0.25) is 0 Å². The van der Waals surface area contributed by atoms with Crippen molar-refractivity contribution in [2.45, 2.75) is 6.92 Å². The first-order valence-corrected chi connectivity index (χ1v) is 3.59. The van der Waals surface area contributed by atoms with Gasteiger partial charge in [-0.15, -0.1) is 0 Å². The first kappa shape index (κ1) is 6.97. The van der Waals surface area contributed by atoms with Gasteiger partial charge in [-0.25, -0.2) is 0 Å². The van der Waals surface area contributed by atoms with E-state index in [-0.39, 0.29) is 6.01 Å². The van der Waals surface area contributed by atoms with Crippen LogP contribution in [0.4, 0.5) is 11.7 Å². The van der Waals surface area contributed by atoms with Crippen LogP contribution in [0.2, 0.25) is 0 Å². The minimum absolute atomic E-state index is 0.155. The number of hydrogen-bond donors (Lipinski definition) is 2. The van der Waals surface area contributed by atoms with Crippen molar-refractivity contribution in [2.75, 3.05) is 11.5 Å². The van der Waals surface area contributed by atoms with Gasteiger partial charge in [-0.3, -0.25) is 0 Å². The van der Waals surface area contributed by atoms with Gasteiger partial charge in [0.05, 0.1) is 5.69 Å². The van der Waals surface area contributed by atoms with Crippen LogP contribution in [0.3, 0.4) is 0 Å². The van der Waals surface area contributed by atoms with Gasteiger partial charge in [-0.1, -0.05) is 0 Å². The molecule has 0 spiro atoms. The first-order chi connectivity index (χ1) is 5.66.